The highest BCUT2D eigenvalue weighted by Gasteiger charge is 2.16. The average molecular weight is 229 g/mol. The largest absolute Gasteiger partial charge is 0.306 e. The van der Waals surface area contributed by atoms with Crippen molar-refractivity contribution in [3.63, 3.8) is 0 Å². The Bertz CT molecular complexity index is 362. The van der Waals surface area contributed by atoms with Gasteiger partial charge in [0.15, 0.2) is 0 Å². The van der Waals surface area contributed by atoms with Crippen molar-refractivity contribution in [1.82, 2.24) is 4.90 Å². The second kappa shape index (κ2) is 6.02. The van der Waals surface area contributed by atoms with Gasteiger partial charge in [-0.3, -0.25) is 0 Å². The first-order valence-electron chi connectivity index (χ1n) is 6.68. The average Bonchev–Trinajstić information content (AvgIpc) is 2.38. The molecule has 1 aliphatic heterocycles. The fourth-order valence-corrected chi connectivity index (χ4v) is 2.60. The third-order valence-corrected chi connectivity index (χ3v) is 3.87. The Labute approximate surface area is 105 Å². The van der Waals surface area contributed by atoms with Crippen LogP contribution in [0.2, 0.25) is 0 Å². The van der Waals surface area contributed by atoms with Crippen LogP contribution in [0.15, 0.2) is 30.8 Å². The van der Waals surface area contributed by atoms with Gasteiger partial charge in [0, 0.05) is 0 Å². The molecule has 1 saturated heterocycles. The number of nitrogens with zero attached hydrogens (tertiary/aromatic N) is 1. The molecular formula is C16H23N. The minimum Gasteiger partial charge on any atom is -0.306 e. The summed E-state index contributed by atoms with van der Waals surface area (Å²) in [6.07, 6.45) is 7.23. The van der Waals surface area contributed by atoms with E-state index in [1.165, 1.54) is 49.9 Å². The summed E-state index contributed by atoms with van der Waals surface area (Å²) in [6.45, 7) is 6.38. The summed E-state index contributed by atoms with van der Waals surface area (Å²) in [6, 6.07) is 8.76. The van der Waals surface area contributed by atoms with E-state index in [9.17, 15) is 0 Å². The molecule has 1 aromatic carbocycles. The number of hydrogen-bond acceptors (Lipinski definition) is 1. The smallest absolute Gasteiger partial charge is 0.00191 e. The van der Waals surface area contributed by atoms with Gasteiger partial charge in [-0.05, 0) is 62.9 Å². The molecule has 0 bridgehead atoms. The van der Waals surface area contributed by atoms with Crippen LogP contribution in [-0.2, 0) is 6.42 Å². The molecule has 1 heteroatoms. The maximum Gasteiger partial charge on any atom is -0.00191 e. The maximum absolute atomic E-state index is 3.82. The Morgan fingerprint density at radius 2 is 2.12 bits per heavy atom. The minimum absolute atomic E-state index is 0.929. The molecule has 0 aromatic heterocycles. The second-order valence-corrected chi connectivity index (χ2v) is 5.23. The van der Waals surface area contributed by atoms with Crippen molar-refractivity contribution in [3.05, 3.63) is 42.0 Å². The third-order valence-electron chi connectivity index (χ3n) is 3.87. The Kier molecular flexibility index (Phi) is 4.38. The molecule has 1 nitrogen and oxygen atoms in total. The molecule has 0 N–H and O–H groups in total. The highest BCUT2D eigenvalue weighted by atomic mass is 15.1. The van der Waals surface area contributed by atoms with Crippen LogP contribution >= 0.6 is 0 Å². The van der Waals surface area contributed by atoms with Crippen molar-refractivity contribution in [2.45, 2.75) is 25.7 Å². The Morgan fingerprint density at radius 3 is 2.82 bits per heavy atom. The lowest BCUT2D eigenvalue weighted by atomic mass is 9.90. The standard InChI is InChI=1S/C16H23N/c1-3-14-5-4-6-16(13-14)8-7-15-9-11-17(2)12-10-15/h3-6,13,15H,1,7-12H2,2H3. The van der Waals surface area contributed by atoms with Crippen molar-refractivity contribution in [3.8, 4) is 0 Å². The van der Waals surface area contributed by atoms with Gasteiger partial charge in [0.05, 0.1) is 0 Å². The Morgan fingerprint density at radius 1 is 1.35 bits per heavy atom. The number of hydrogen-bond donors (Lipinski definition) is 0. The summed E-state index contributed by atoms with van der Waals surface area (Å²) >= 11 is 0. The number of rotatable bonds is 4. The first-order valence-corrected chi connectivity index (χ1v) is 6.68. The highest BCUT2D eigenvalue weighted by Crippen LogP contribution is 2.21. The zero-order valence-electron chi connectivity index (χ0n) is 10.9. The van der Waals surface area contributed by atoms with Crippen LogP contribution in [-0.4, -0.2) is 25.0 Å². The quantitative estimate of drug-likeness (QED) is 0.762. The van der Waals surface area contributed by atoms with E-state index < -0.39 is 0 Å². The van der Waals surface area contributed by atoms with E-state index in [-0.39, 0.29) is 0 Å². The van der Waals surface area contributed by atoms with Gasteiger partial charge >= 0.3 is 0 Å². The number of aryl methyl sites for hydroxylation is 1. The molecule has 2 rings (SSSR count). The predicted molar refractivity (Wildman–Crippen MR) is 75.1 cm³/mol. The summed E-state index contributed by atoms with van der Waals surface area (Å²) in [4.78, 5) is 2.44. The van der Waals surface area contributed by atoms with Gasteiger partial charge in [0.1, 0.15) is 0 Å². The molecular weight excluding hydrogens is 206 g/mol. The summed E-state index contributed by atoms with van der Waals surface area (Å²) in [7, 11) is 2.23. The monoisotopic (exact) mass is 229 g/mol. The lowest BCUT2D eigenvalue weighted by Gasteiger charge is -2.28. The molecule has 0 spiro atoms. The molecule has 1 aromatic rings. The summed E-state index contributed by atoms with van der Waals surface area (Å²) in [5.74, 6) is 0.929. The van der Waals surface area contributed by atoms with E-state index in [1.807, 2.05) is 6.08 Å². The molecule has 0 radical (unpaired) electrons. The topological polar surface area (TPSA) is 3.24 Å². The van der Waals surface area contributed by atoms with Crippen molar-refractivity contribution >= 4 is 6.08 Å². The summed E-state index contributed by atoms with van der Waals surface area (Å²) < 4.78 is 0. The molecule has 1 fully saturated rings. The lowest BCUT2D eigenvalue weighted by molar-refractivity contribution is 0.212. The van der Waals surface area contributed by atoms with Gasteiger partial charge in [-0.2, -0.15) is 0 Å². The van der Waals surface area contributed by atoms with Crippen LogP contribution in [0.3, 0.4) is 0 Å². The molecule has 92 valence electrons. The molecule has 1 heterocycles. The van der Waals surface area contributed by atoms with Gasteiger partial charge in [-0.1, -0.05) is 36.9 Å². The maximum atomic E-state index is 3.82. The third kappa shape index (κ3) is 3.71. The second-order valence-electron chi connectivity index (χ2n) is 5.23. The molecule has 0 amide bonds. The van der Waals surface area contributed by atoms with Crippen molar-refractivity contribution in [2.75, 3.05) is 20.1 Å². The Hall–Kier alpha value is -1.08. The minimum atomic E-state index is 0.929. The van der Waals surface area contributed by atoms with Crippen LogP contribution < -0.4 is 0 Å². The molecule has 1 aliphatic rings. The highest BCUT2D eigenvalue weighted by molar-refractivity contribution is 5.47. The SMILES string of the molecule is C=Cc1cccc(CCC2CCN(C)CC2)c1. The van der Waals surface area contributed by atoms with Crippen molar-refractivity contribution < 1.29 is 0 Å². The van der Waals surface area contributed by atoms with E-state index in [4.69, 9.17) is 0 Å². The van der Waals surface area contributed by atoms with Crippen LogP contribution in [0.1, 0.15) is 30.4 Å². The van der Waals surface area contributed by atoms with Crippen molar-refractivity contribution in [1.29, 1.82) is 0 Å². The van der Waals surface area contributed by atoms with Gasteiger partial charge in [0.25, 0.3) is 0 Å². The normalized spacial score (nSPS) is 18.2. The number of likely N-dealkylation sites (tertiary alicyclic amines) is 1. The van der Waals surface area contributed by atoms with Gasteiger partial charge in [0.2, 0.25) is 0 Å². The van der Waals surface area contributed by atoms with E-state index in [1.54, 1.807) is 0 Å². The van der Waals surface area contributed by atoms with Gasteiger partial charge < -0.3 is 4.90 Å². The molecule has 0 unspecified atom stereocenters. The zero-order chi connectivity index (χ0) is 12.1. The molecule has 17 heavy (non-hydrogen) atoms. The predicted octanol–water partition coefficient (Wildman–Crippen LogP) is 3.60. The molecule has 0 atom stereocenters. The first kappa shape index (κ1) is 12.4. The summed E-state index contributed by atoms with van der Waals surface area (Å²) in [5.41, 5.74) is 2.70. The van der Waals surface area contributed by atoms with E-state index >= 15 is 0 Å². The van der Waals surface area contributed by atoms with E-state index in [2.05, 4.69) is 42.8 Å². The van der Waals surface area contributed by atoms with Crippen LogP contribution in [0.4, 0.5) is 0 Å². The fourth-order valence-electron chi connectivity index (χ4n) is 2.60. The van der Waals surface area contributed by atoms with Gasteiger partial charge in [-0.15, -0.1) is 0 Å². The van der Waals surface area contributed by atoms with Crippen LogP contribution in [0, 0.1) is 5.92 Å². The molecule has 0 saturated carbocycles. The van der Waals surface area contributed by atoms with Crippen LogP contribution in [0.5, 0.6) is 0 Å². The molecule has 0 aliphatic carbocycles. The van der Waals surface area contributed by atoms with Gasteiger partial charge in [-0.25, -0.2) is 0 Å². The number of piperidine rings is 1. The van der Waals surface area contributed by atoms with Crippen LogP contribution in [0.25, 0.3) is 6.08 Å². The van der Waals surface area contributed by atoms with Crippen molar-refractivity contribution in [2.24, 2.45) is 5.92 Å². The van der Waals surface area contributed by atoms with E-state index in [0.717, 1.165) is 5.92 Å². The first-order chi connectivity index (χ1) is 8.28. The fraction of sp³-hybridized carbons (Fsp3) is 0.500. The number of benzene rings is 1. The summed E-state index contributed by atoms with van der Waals surface area (Å²) in [5, 5.41) is 0. The Balaban J connectivity index is 1.83. The zero-order valence-corrected chi connectivity index (χ0v) is 10.9. The lowest BCUT2D eigenvalue weighted by Crippen LogP contribution is -2.30. The van der Waals surface area contributed by atoms with E-state index in [0.29, 0.717) is 0 Å².